The van der Waals surface area contributed by atoms with Gasteiger partial charge in [-0.3, -0.25) is 9.20 Å². The maximum Gasteiger partial charge on any atom is 0.237 e. The number of amides is 1. The zero-order valence-electron chi connectivity index (χ0n) is 16.9. The predicted molar refractivity (Wildman–Crippen MR) is 119 cm³/mol. The number of thioether (sulfide) groups is 1. The van der Waals surface area contributed by atoms with E-state index in [1.807, 2.05) is 42.2 Å². The lowest BCUT2D eigenvalue weighted by molar-refractivity contribution is -0.116. The van der Waals surface area contributed by atoms with Crippen LogP contribution in [0.2, 0.25) is 0 Å². The number of anilines is 1. The van der Waals surface area contributed by atoms with Crippen LogP contribution < -0.4 is 4.90 Å². The van der Waals surface area contributed by atoms with Gasteiger partial charge in [-0.25, -0.2) is 9.97 Å². The van der Waals surface area contributed by atoms with Gasteiger partial charge in [0.1, 0.15) is 5.82 Å². The van der Waals surface area contributed by atoms with Crippen LogP contribution in [-0.2, 0) is 11.2 Å². The molecule has 1 aliphatic heterocycles. The van der Waals surface area contributed by atoms with E-state index in [-0.39, 0.29) is 5.91 Å². The molecule has 0 radical (unpaired) electrons. The van der Waals surface area contributed by atoms with Crippen molar-refractivity contribution in [3.63, 3.8) is 0 Å². The first-order chi connectivity index (χ1) is 14.5. The molecular formula is C21H20N6OS2. The summed E-state index contributed by atoms with van der Waals surface area (Å²) in [6, 6.07) is 8.14. The van der Waals surface area contributed by atoms with Gasteiger partial charge >= 0.3 is 0 Å². The van der Waals surface area contributed by atoms with Gasteiger partial charge in [-0.05, 0) is 44.9 Å². The summed E-state index contributed by atoms with van der Waals surface area (Å²) in [5.41, 5.74) is 5.96. The first-order valence-corrected chi connectivity index (χ1v) is 11.5. The number of aromatic nitrogens is 5. The molecule has 1 aromatic carbocycles. The van der Waals surface area contributed by atoms with E-state index in [4.69, 9.17) is 0 Å². The van der Waals surface area contributed by atoms with Crippen molar-refractivity contribution in [2.75, 3.05) is 17.2 Å². The highest BCUT2D eigenvalue weighted by molar-refractivity contribution is 7.99. The van der Waals surface area contributed by atoms with E-state index in [0.29, 0.717) is 17.5 Å². The highest BCUT2D eigenvalue weighted by atomic mass is 32.2. The molecule has 0 saturated heterocycles. The summed E-state index contributed by atoms with van der Waals surface area (Å²) in [6.45, 7) is 6.57. The number of hydrogen-bond donors (Lipinski definition) is 0. The Kier molecular flexibility index (Phi) is 4.79. The number of fused-ring (bicyclic) bond motifs is 2. The smallest absolute Gasteiger partial charge is 0.237 e. The van der Waals surface area contributed by atoms with Gasteiger partial charge in [-0.15, -0.1) is 21.5 Å². The number of carbonyl (C=O) groups excluding carboxylic acids is 1. The highest BCUT2D eigenvalue weighted by Gasteiger charge is 2.25. The lowest BCUT2D eigenvalue weighted by atomic mass is 10.1. The molecule has 0 bridgehead atoms. The topological polar surface area (TPSA) is 76.3 Å². The molecule has 4 aromatic rings. The molecule has 30 heavy (non-hydrogen) atoms. The van der Waals surface area contributed by atoms with Gasteiger partial charge in [0.15, 0.2) is 10.8 Å². The summed E-state index contributed by atoms with van der Waals surface area (Å²) >= 11 is 3.05. The number of hydrogen-bond acceptors (Lipinski definition) is 7. The van der Waals surface area contributed by atoms with Crippen molar-refractivity contribution in [3.05, 3.63) is 51.7 Å². The van der Waals surface area contributed by atoms with Gasteiger partial charge in [0, 0.05) is 34.9 Å². The minimum absolute atomic E-state index is 0.0745. The van der Waals surface area contributed by atoms with Gasteiger partial charge in [-0.2, -0.15) is 0 Å². The second-order valence-corrected chi connectivity index (χ2v) is 9.30. The Hall–Kier alpha value is -2.78. The van der Waals surface area contributed by atoms with Gasteiger partial charge in [-0.1, -0.05) is 17.8 Å². The fourth-order valence-electron chi connectivity index (χ4n) is 3.82. The number of aryl methyl sites for hydroxylation is 3. The minimum Gasteiger partial charge on any atom is -0.311 e. The van der Waals surface area contributed by atoms with Crippen LogP contribution in [0.5, 0.6) is 0 Å². The molecule has 3 aromatic heterocycles. The summed E-state index contributed by atoms with van der Waals surface area (Å²) in [7, 11) is 0. The van der Waals surface area contributed by atoms with Gasteiger partial charge in [0.25, 0.3) is 0 Å². The normalized spacial score (nSPS) is 13.2. The van der Waals surface area contributed by atoms with E-state index in [9.17, 15) is 4.79 Å². The van der Waals surface area contributed by atoms with Crippen molar-refractivity contribution in [2.45, 2.75) is 32.3 Å². The third-order valence-electron chi connectivity index (χ3n) is 5.17. The standard InChI is InChI=1S/C21H20N6OS2/c1-12-8-19-24-25-21(27(19)13(2)22-12)30-11-20(28)26-7-6-16-9-15(4-5-18(16)26)17-10-29-14(3)23-17/h4-5,8-10H,6-7,11H2,1-3H3. The van der Waals surface area contributed by atoms with Gasteiger partial charge in [0.05, 0.1) is 16.5 Å². The Morgan fingerprint density at radius 2 is 2.03 bits per heavy atom. The Morgan fingerprint density at radius 3 is 2.83 bits per heavy atom. The predicted octanol–water partition coefficient (Wildman–Crippen LogP) is 3.85. The van der Waals surface area contributed by atoms with Crippen LogP contribution in [0, 0.1) is 20.8 Å². The molecule has 0 fully saturated rings. The average molecular weight is 437 g/mol. The Labute approximate surface area is 182 Å². The van der Waals surface area contributed by atoms with Crippen LogP contribution in [0.3, 0.4) is 0 Å². The first kappa shape index (κ1) is 19.2. The summed E-state index contributed by atoms with van der Waals surface area (Å²) in [5.74, 6) is 1.20. The lowest BCUT2D eigenvalue weighted by Gasteiger charge is -2.17. The Balaban J connectivity index is 1.33. The third-order valence-corrected chi connectivity index (χ3v) is 6.86. The quantitative estimate of drug-likeness (QED) is 0.452. The van der Waals surface area contributed by atoms with Gasteiger partial charge in [0.2, 0.25) is 5.91 Å². The fourth-order valence-corrected chi connectivity index (χ4v) is 5.30. The molecule has 4 heterocycles. The van der Waals surface area contributed by atoms with Crippen LogP contribution in [0.15, 0.2) is 34.8 Å². The Bertz CT molecular complexity index is 1280. The number of benzene rings is 1. The van der Waals surface area contributed by atoms with Crippen LogP contribution >= 0.6 is 23.1 Å². The zero-order chi connectivity index (χ0) is 20.8. The minimum atomic E-state index is 0.0745. The number of carbonyl (C=O) groups is 1. The van der Waals surface area contributed by atoms with Crippen LogP contribution in [0.25, 0.3) is 16.9 Å². The number of thiazole rings is 1. The molecule has 7 nitrogen and oxygen atoms in total. The maximum absolute atomic E-state index is 13.0. The molecule has 0 aliphatic carbocycles. The van der Waals surface area contributed by atoms with E-state index in [0.717, 1.165) is 45.5 Å². The largest absolute Gasteiger partial charge is 0.311 e. The van der Waals surface area contributed by atoms with E-state index >= 15 is 0 Å². The Morgan fingerprint density at radius 1 is 1.17 bits per heavy atom. The molecular weight excluding hydrogens is 416 g/mol. The average Bonchev–Trinajstić information content (AvgIpc) is 3.43. The summed E-state index contributed by atoms with van der Waals surface area (Å²) in [4.78, 5) is 23.9. The summed E-state index contributed by atoms with van der Waals surface area (Å²) < 4.78 is 1.89. The zero-order valence-corrected chi connectivity index (χ0v) is 18.5. The molecule has 1 amide bonds. The van der Waals surface area contributed by atoms with Crippen LogP contribution in [0.4, 0.5) is 5.69 Å². The van der Waals surface area contributed by atoms with Crippen molar-refractivity contribution in [1.82, 2.24) is 24.6 Å². The van der Waals surface area contributed by atoms with Crippen LogP contribution in [0.1, 0.15) is 22.1 Å². The molecule has 0 saturated carbocycles. The van der Waals surface area contributed by atoms with E-state index < -0.39 is 0 Å². The van der Waals surface area contributed by atoms with Crippen molar-refractivity contribution in [2.24, 2.45) is 0 Å². The van der Waals surface area contributed by atoms with Crippen LogP contribution in [-0.4, -0.2) is 42.8 Å². The van der Waals surface area contributed by atoms with Crippen molar-refractivity contribution >= 4 is 40.3 Å². The molecule has 0 spiro atoms. The van der Waals surface area contributed by atoms with Crippen molar-refractivity contribution < 1.29 is 4.79 Å². The second-order valence-electron chi connectivity index (χ2n) is 7.30. The molecule has 1 aliphatic rings. The van der Waals surface area contributed by atoms with Crippen molar-refractivity contribution in [3.8, 4) is 11.3 Å². The van der Waals surface area contributed by atoms with Crippen molar-refractivity contribution in [1.29, 1.82) is 0 Å². The monoisotopic (exact) mass is 436 g/mol. The summed E-state index contributed by atoms with van der Waals surface area (Å²) in [6.07, 6.45) is 0.860. The molecule has 152 valence electrons. The first-order valence-electron chi connectivity index (χ1n) is 9.67. The fraction of sp³-hybridized carbons (Fsp3) is 0.286. The van der Waals surface area contributed by atoms with E-state index in [1.165, 1.54) is 17.3 Å². The van der Waals surface area contributed by atoms with E-state index in [2.05, 4.69) is 37.7 Å². The number of nitrogens with zero attached hydrogens (tertiary/aromatic N) is 6. The highest BCUT2D eigenvalue weighted by Crippen LogP contribution is 2.33. The van der Waals surface area contributed by atoms with E-state index in [1.54, 1.807) is 11.3 Å². The number of rotatable bonds is 4. The molecule has 0 atom stereocenters. The molecule has 5 rings (SSSR count). The lowest BCUT2D eigenvalue weighted by Crippen LogP contribution is -2.30. The van der Waals surface area contributed by atoms with Gasteiger partial charge < -0.3 is 4.90 Å². The third kappa shape index (κ3) is 3.37. The maximum atomic E-state index is 13.0. The molecule has 9 heteroatoms. The SMILES string of the molecule is Cc1cc2nnc(SCC(=O)N3CCc4cc(-c5csc(C)n5)ccc43)n2c(C)n1. The second kappa shape index (κ2) is 7.48. The molecule has 0 N–H and O–H groups in total. The molecule has 0 unspecified atom stereocenters. The summed E-state index contributed by atoms with van der Waals surface area (Å²) in [5, 5.41) is 12.3.